The number of nitrogens with one attached hydrogen (secondary N) is 1. The minimum Gasteiger partial charge on any atom is -0.351 e. The van der Waals surface area contributed by atoms with Crippen molar-refractivity contribution in [3.05, 3.63) is 17.5 Å². The molecule has 1 saturated carbocycles. The van der Waals surface area contributed by atoms with Gasteiger partial charge in [0, 0.05) is 45.3 Å². The Morgan fingerprint density at radius 1 is 1.16 bits per heavy atom. The maximum absolute atomic E-state index is 13.2. The first kappa shape index (κ1) is 21.8. The largest absolute Gasteiger partial charge is 0.351 e. The molecule has 1 aromatic heterocycles. The minimum absolute atomic E-state index is 0.151. The molecule has 1 unspecified atom stereocenters. The van der Waals surface area contributed by atoms with Gasteiger partial charge in [-0.05, 0) is 26.3 Å². The summed E-state index contributed by atoms with van der Waals surface area (Å²) in [6.07, 6.45) is 5.42. The van der Waals surface area contributed by atoms with Gasteiger partial charge in [-0.25, -0.2) is 0 Å². The van der Waals surface area contributed by atoms with Gasteiger partial charge in [-0.3, -0.25) is 19.1 Å². The lowest BCUT2D eigenvalue weighted by Crippen LogP contribution is -2.63. The van der Waals surface area contributed by atoms with Crippen molar-refractivity contribution in [1.82, 2.24) is 29.8 Å². The highest BCUT2D eigenvalue weighted by atomic mass is 16.2. The highest BCUT2D eigenvalue weighted by Crippen LogP contribution is 2.27. The summed E-state index contributed by atoms with van der Waals surface area (Å²) >= 11 is 0. The van der Waals surface area contributed by atoms with Crippen LogP contribution in [0.25, 0.3) is 0 Å². The van der Waals surface area contributed by atoms with Crippen LogP contribution in [0.2, 0.25) is 0 Å². The molecule has 0 aromatic carbocycles. The summed E-state index contributed by atoms with van der Waals surface area (Å²) in [6, 6.07) is 1.74. The van der Waals surface area contributed by atoms with Crippen molar-refractivity contribution in [2.45, 2.75) is 64.1 Å². The molecule has 1 aromatic rings. The highest BCUT2D eigenvalue weighted by molar-refractivity contribution is 6.01. The Morgan fingerprint density at radius 3 is 2.48 bits per heavy atom. The predicted octanol–water partition coefficient (Wildman–Crippen LogP) is 0.954. The Balaban J connectivity index is 1.50. The Kier molecular flexibility index (Phi) is 6.05. The van der Waals surface area contributed by atoms with Gasteiger partial charge in [-0.1, -0.05) is 26.2 Å². The van der Waals surface area contributed by atoms with Gasteiger partial charge < -0.3 is 20.0 Å². The molecule has 3 amide bonds. The number of piperazine rings is 1. The van der Waals surface area contributed by atoms with Crippen LogP contribution in [-0.2, 0) is 11.3 Å². The topological polar surface area (TPSA) is 90.8 Å². The summed E-state index contributed by atoms with van der Waals surface area (Å²) in [4.78, 5) is 44.8. The van der Waals surface area contributed by atoms with Crippen LogP contribution in [0.1, 0.15) is 66.9 Å². The van der Waals surface area contributed by atoms with Gasteiger partial charge in [0.25, 0.3) is 11.8 Å². The Labute approximate surface area is 183 Å². The maximum Gasteiger partial charge on any atom is 0.274 e. The molecule has 2 fully saturated rings. The minimum atomic E-state index is -1.04. The zero-order valence-electron chi connectivity index (χ0n) is 18.9. The maximum atomic E-state index is 13.2. The summed E-state index contributed by atoms with van der Waals surface area (Å²) < 4.78 is 1.54. The molecule has 4 rings (SSSR count). The van der Waals surface area contributed by atoms with E-state index < -0.39 is 5.54 Å². The van der Waals surface area contributed by atoms with Crippen LogP contribution < -0.4 is 5.32 Å². The first-order valence-corrected chi connectivity index (χ1v) is 11.5. The molecule has 9 nitrogen and oxygen atoms in total. The Hall–Kier alpha value is -2.42. The zero-order chi connectivity index (χ0) is 22.2. The molecule has 1 N–H and O–H groups in total. The number of fused-ring (bicyclic) bond motifs is 1. The van der Waals surface area contributed by atoms with Gasteiger partial charge >= 0.3 is 0 Å². The quantitative estimate of drug-likeness (QED) is 0.768. The fraction of sp³-hybridized carbons (Fsp3) is 0.727. The molecule has 3 aliphatic rings. The van der Waals surface area contributed by atoms with Gasteiger partial charge in [0.15, 0.2) is 5.69 Å². The second-order valence-corrected chi connectivity index (χ2v) is 9.25. The molecule has 2 aliphatic heterocycles. The number of nitrogens with zero attached hydrogens (tertiary/aromatic N) is 5. The van der Waals surface area contributed by atoms with Crippen LogP contribution >= 0.6 is 0 Å². The Morgan fingerprint density at radius 2 is 1.84 bits per heavy atom. The average Bonchev–Trinajstić information content (AvgIpc) is 3.21. The van der Waals surface area contributed by atoms with E-state index in [0.29, 0.717) is 18.8 Å². The number of hydrogen-bond donors (Lipinski definition) is 1. The van der Waals surface area contributed by atoms with Crippen LogP contribution in [0.5, 0.6) is 0 Å². The van der Waals surface area contributed by atoms with Crippen LogP contribution in [0.15, 0.2) is 6.07 Å². The average molecular weight is 431 g/mol. The van der Waals surface area contributed by atoms with E-state index in [4.69, 9.17) is 0 Å². The van der Waals surface area contributed by atoms with Crippen molar-refractivity contribution in [1.29, 1.82) is 0 Å². The zero-order valence-corrected chi connectivity index (χ0v) is 18.9. The summed E-state index contributed by atoms with van der Waals surface area (Å²) in [5.74, 6) is -0.587. The number of carbonyl (C=O) groups is 3. The summed E-state index contributed by atoms with van der Waals surface area (Å²) in [7, 11) is 1.66. The van der Waals surface area contributed by atoms with E-state index in [1.807, 2.05) is 0 Å². The number of likely N-dealkylation sites (N-methyl/N-ethyl adjacent to an activating group) is 2. The summed E-state index contributed by atoms with van der Waals surface area (Å²) in [6.45, 7) is 8.11. The van der Waals surface area contributed by atoms with E-state index in [0.717, 1.165) is 45.3 Å². The smallest absolute Gasteiger partial charge is 0.274 e. The molecule has 1 atom stereocenters. The second-order valence-electron chi connectivity index (χ2n) is 9.25. The van der Waals surface area contributed by atoms with E-state index in [1.54, 1.807) is 24.9 Å². The lowest BCUT2D eigenvalue weighted by atomic mass is 9.92. The normalized spacial score (nSPS) is 25.5. The van der Waals surface area contributed by atoms with E-state index in [2.05, 4.69) is 22.2 Å². The fourth-order valence-electron chi connectivity index (χ4n) is 4.85. The van der Waals surface area contributed by atoms with E-state index >= 15 is 0 Å². The van der Waals surface area contributed by atoms with Gasteiger partial charge in [0.2, 0.25) is 5.91 Å². The molecule has 0 bridgehead atoms. The lowest BCUT2D eigenvalue weighted by Gasteiger charge is -2.41. The van der Waals surface area contributed by atoms with Crippen LogP contribution in [0.3, 0.4) is 0 Å². The lowest BCUT2D eigenvalue weighted by molar-refractivity contribution is -0.133. The third-order valence-electron chi connectivity index (χ3n) is 7.26. The molecule has 170 valence electrons. The van der Waals surface area contributed by atoms with Crippen molar-refractivity contribution in [2.24, 2.45) is 0 Å². The second kappa shape index (κ2) is 8.61. The first-order valence-electron chi connectivity index (χ1n) is 11.5. The van der Waals surface area contributed by atoms with Crippen molar-refractivity contribution < 1.29 is 14.4 Å². The van der Waals surface area contributed by atoms with E-state index in [1.165, 1.54) is 16.0 Å². The number of rotatable bonds is 4. The standard InChI is InChI=1S/C22H34N6O3/c1-4-26-10-12-27(13-11-26)19(29)17-14-18-20(30)25(3)22(2,15-28(18)24-17)21(31)23-16-8-6-5-7-9-16/h14,16H,4-13,15H2,1-3H3,(H,23,31). The molecule has 1 aliphatic carbocycles. The molecule has 0 radical (unpaired) electrons. The predicted molar refractivity (Wildman–Crippen MR) is 116 cm³/mol. The number of carbonyl (C=O) groups excluding carboxylic acids is 3. The first-order chi connectivity index (χ1) is 14.8. The van der Waals surface area contributed by atoms with Crippen LogP contribution in [0, 0.1) is 0 Å². The number of aromatic nitrogens is 2. The van der Waals surface area contributed by atoms with Gasteiger partial charge in [0.05, 0.1) is 6.54 Å². The molecule has 31 heavy (non-hydrogen) atoms. The van der Waals surface area contributed by atoms with Crippen molar-refractivity contribution in [3.8, 4) is 0 Å². The van der Waals surface area contributed by atoms with Crippen molar-refractivity contribution >= 4 is 17.7 Å². The van der Waals surface area contributed by atoms with E-state index in [-0.39, 0.29) is 36.0 Å². The van der Waals surface area contributed by atoms with E-state index in [9.17, 15) is 14.4 Å². The van der Waals surface area contributed by atoms with Gasteiger partial charge in [-0.2, -0.15) is 5.10 Å². The third-order valence-corrected chi connectivity index (χ3v) is 7.26. The third kappa shape index (κ3) is 4.07. The Bertz CT molecular complexity index is 853. The molecule has 0 spiro atoms. The van der Waals surface area contributed by atoms with Crippen molar-refractivity contribution in [3.63, 3.8) is 0 Å². The molecular weight excluding hydrogens is 396 g/mol. The highest BCUT2D eigenvalue weighted by Gasteiger charge is 2.47. The van der Waals surface area contributed by atoms with Crippen LogP contribution in [0.4, 0.5) is 0 Å². The molecule has 9 heteroatoms. The fourth-order valence-corrected chi connectivity index (χ4v) is 4.85. The molecule has 1 saturated heterocycles. The van der Waals surface area contributed by atoms with Gasteiger partial charge in [0.1, 0.15) is 11.2 Å². The summed E-state index contributed by atoms with van der Waals surface area (Å²) in [5.41, 5.74) is -0.403. The monoisotopic (exact) mass is 430 g/mol. The van der Waals surface area contributed by atoms with Crippen LogP contribution in [-0.4, -0.2) is 93.6 Å². The summed E-state index contributed by atoms with van der Waals surface area (Å²) in [5, 5.41) is 7.61. The SMILES string of the molecule is CCN1CCN(C(=O)c2cc3n(n2)CC(C)(C(=O)NC2CCCCC2)N(C)C3=O)CC1. The molecule has 3 heterocycles. The molecular formula is C22H34N6O3. The van der Waals surface area contributed by atoms with Gasteiger partial charge in [-0.15, -0.1) is 0 Å². The van der Waals surface area contributed by atoms with Crippen molar-refractivity contribution in [2.75, 3.05) is 39.8 Å². The number of hydrogen-bond acceptors (Lipinski definition) is 5. The number of amides is 3.